The number of rotatable bonds is 6. The maximum absolute atomic E-state index is 12.1. The van der Waals surface area contributed by atoms with Crippen LogP contribution in [0.4, 0.5) is 0 Å². The van der Waals surface area contributed by atoms with Gasteiger partial charge in [-0.15, -0.1) is 0 Å². The molecule has 1 N–H and O–H groups in total. The summed E-state index contributed by atoms with van der Waals surface area (Å²) in [4.78, 5) is 16.5. The van der Waals surface area contributed by atoms with Crippen molar-refractivity contribution in [2.75, 3.05) is 0 Å². The van der Waals surface area contributed by atoms with Crippen molar-refractivity contribution in [3.05, 3.63) is 40.4 Å². The number of ether oxygens (including phenoxy) is 2. The molecule has 3 unspecified atom stereocenters. The van der Waals surface area contributed by atoms with Crippen LogP contribution in [0.3, 0.4) is 0 Å². The number of nitrogens with zero attached hydrogens (tertiary/aromatic N) is 2. The maximum atomic E-state index is 12.1. The summed E-state index contributed by atoms with van der Waals surface area (Å²) in [7, 11) is 0. The van der Waals surface area contributed by atoms with Gasteiger partial charge in [0.2, 0.25) is 0 Å². The Morgan fingerprint density at radius 1 is 1.43 bits per heavy atom. The quantitative estimate of drug-likeness (QED) is 0.710. The molecule has 1 aliphatic rings. The van der Waals surface area contributed by atoms with Crippen molar-refractivity contribution in [2.24, 2.45) is 5.41 Å². The highest BCUT2D eigenvalue weighted by Crippen LogP contribution is 2.41. The van der Waals surface area contributed by atoms with Gasteiger partial charge in [-0.25, -0.2) is 4.98 Å². The normalized spacial score (nSPS) is 18.3. The summed E-state index contributed by atoms with van der Waals surface area (Å²) in [5.74, 6) is 1.23. The molecule has 3 atom stereocenters. The molecular formula is C21H28ClN3O3. The summed E-state index contributed by atoms with van der Waals surface area (Å²) >= 11 is 6.21. The van der Waals surface area contributed by atoms with E-state index in [-0.39, 0.29) is 29.5 Å². The van der Waals surface area contributed by atoms with Gasteiger partial charge >= 0.3 is 5.97 Å². The Kier molecular flexibility index (Phi) is 5.98. The molecule has 3 rings (SSSR count). The number of nitrogens with one attached hydrogen (secondary N) is 1. The van der Waals surface area contributed by atoms with Crippen molar-refractivity contribution >= 4 is 17.6 Å². The number of aryl methyl sites for hydroxylation is 1. The number of benzene rings is 1. The number of H-pyrrole nitrogens is 1. The second kappa shape index (κ2) is 8.11. The Labute approximate surface area is 171 Å². The van der Waals surface area contributed by atoms with Gasteiger partial charge in [0.15, 0.2) is 0 Å². The van der Waals surface area contributed by atoms with E-state index in [2.05, 4.69) is 36.0 Å². The molecule has 0 amide bonds. The van der Waals surface area contributed by atoms with Gasteiger partial charge in [0, 0.05) is 17.9 Å². The molecule has 7 heteroatoms. The zero-order valence-corrected chi connectivity index (χ0v) is 17.8. The topological polar surface area (TPSA) is 77.1 Å². The number of hydrogen-bond donors (Lipinski definition) is 1. The number of carbonyl (C=O) groups excluding carboxylic acids is 1. The largest absolute Gasteiger partial charge is 0.489 e. The number of carbonyl (C=O) groups is 1. The van der Waals surface area contributed by atoms with Gasteiger partial charge in [-0.1, -0.05) is 39.3 Å². The standard InChI is InChI=1S/C21H28ClN3O3/c1-6-17(26)28-19(21(3,4)5)16(20-23-11-24-25-20)10-15-9-13-8-14(22)7-12(2)18(13)27-15/h7-8,11,15-16,19H,6,9-10H2,1-5H3,(H,23,24,25). The molecule has 0 fully saturated rings. The van der Waals surface area contributed by atoms with Crippen LogP contribution in [0.25, 0.3) is 0 Å². The molecule has 2 aromatic rings. The average Bonchev–Trinajstić information content (AvgIpc) is 3.26. The van der Waals surface area contributed by atoms with Crippen LogP contribution in [0.1, 0.15) is 63.4 Å². The summed E-state index contributed by atoms with van der Waals surface area (Å²) < 4.78 is 12.1. The van der Waals surface area contributed by atoms with Crippen LogP contribution >= 0.6 is 11.6 Å². The van der Waals surface area contributed by atoms with E-state index in [9.17, 15) is 4.79 Å². The third-order valence-electron chi connectivity index (χ3n) is 5.12. The fourth-order valence-electron chi connectivity index (χ4n) is 3.85. The van der Waals surface area contributed by atoms with Crippen molar-refractivity contribution in [1.82, 2.24) is 15.2 Å². The first kappa shape index (κ1) is 20.6. The first-order chi connectivity index (χ1) is 13.2. The van der Waals surface area contributed by atoms with Gasteiger partial charge in [-0.3, -0.25) is 9.89 Å². The summed E-state index contributed by atoms with van der Waals surface area (Å²) in [6, 6.07) is 3.88. The Bertz CT molecular complexity index is 830. The van der Waals surface area contributed by atoms with E-state index in [1.165, 1.54) is 6.33 Å². The van der Waals surface area contributed by atoms with Crippen molar-refractivity contribution in [3.8, 4) is 5.75 Å². The highest BCUT2D eigenvalue weighted by molar-refractivity contribution is 6.30. The lowest BCUT2D eigenvalue weighted by atomic mass is 9.78. The lowest BCUT2D eigenvalue weighted by molar-refractivity contribution is -0.157. The second-order valence-electron chi connectivity index (χ2n) is 8.50. The van der Waals surface area contributed by atoms with Crippen LogP contribution in [-0.4, -0.2) is 33.4 Å². The Hall–Kier alpha value is -2.08. The van der Waals surface area contributed by atoms with E-state index in [4.69, 9.17) is 21.1 Å². The Balaban J connectivity index is 1.87. The van der Waals surface area contributed by atoms with Crippen LogP contribution < -0.4 is 4.74 Å². The molecule has 6 nitrogen and oxygen atoms in total. The molecule has 1 aromatic carbocycles. The van der Waals surface area contributed by atoms with Crippen molar-refractivity contribution in [1.29, 1.82) is 0 Å². The number of aromatic amines is 1. The highest BCUT2D eigenvalue weighted by Gasteiger charge is 2.40. The molecule has 2 heterocycles. The molecule has 28 heavy (non-hydrogen) atoms. The number of fused-ring (bicyclic) bond motifs is 1. The van der Waals surface area contributed by atoms with Crippen LogP contribution in [0, 0.1) is 12.3 Å². The van der Waals surface area contributed by atoms with Gasteiger partial charge in [-0.2, -0.15) is 5.10 Å². The smallest absolute Gasteiger partial charge is 0.305 e. The van der Waals surface area contributed by atoms with Crippen LogP contribution in [-0.2, 0) is 16.0 Å². The van der Waals surface area contributed by atoms with Gasteiger partial charge in [0.25, 0.3) is 0 Å². The molecule has 0 radical (unpaired) electrons. The summed E-state index contributed by atoms with van der Waals surface area (Å²) in [5, 5.41) is 7.70. The predicted molar refractivity (Wildman–Crippen MR) is 108 cm³/mol. The van der Waals surface area contributed by atoms with Gasteiger partial charge in [0.05, 0.1) is 5.92 Å². The van der Waals surface area contributed by atoms with E-state index in [1.54, 1.807) is 6.92 Å². The van der Waals surface area contributed by atoms with Crippen LogP contribution in [0.5, 0.6) is 5.75 Å². The van der Waals surface area contributed by atoms with E-state index >= 15 is 0 Å². The fourth-order valence-corrected chi connectivity index (χ4v) is 4.14. The molecule has 0 saturated heterocycles. The zero-order valence-electron chi connectivity index (χ0n) is 17.1. The molecule has 0 spiro atoms. The minimum Gasteiger partial charge on any atom is -0.489 e. The highest BCUT2D eigenvalue weighted by atomic mass is 35.5. The number of hydrogen-bond acceptors (Lipinski definition) is 5. The van der Waals surface area contributed by atoms with Crippen molar-refractivity contribution in [2.45, 2.75) is 72.0 Å². The van der Waals surface area contributed by atoms with Crippen LogP contribution in [0.2, 0.25) is 5.02 Å². The van der Waals surface area contributed by atoms with E-state index in [0.29, 0.717) is 18.7 Å². The molecule has 0 saturated carbocycles. The molecule has 0 aliphatic carbocycles. The van der Waals surface area contributed by atoms with E-state index in [1.807, 2.05) is 19.1 Å². The van der Waals surface area contributed by atoms with Gasteiger partial charge < -0.3 is 9.47 Å². The van der Waals surface area contributed by atoms with Crippen molar-refractivity contribution in [3.63, 3.8) is 0 Å². The second-order valence-corrected chi connectivity index (χ2v) is 8.93. The predicted octanol–water partition coefficient (Wildman–Crippen LogP) is 4.61. The first-order valence-electron chi connectivity index (χ1n) is 9.69. The number of halogens is 1. The Morgan fingerprint density at radius 3 is 2.79 bits per heavy atom. The average molecular weight is 406 g/mol. The molecule has 0 bridgehead atoms. The lowest BCUT2D eigenvalue weighted by Gasteiger charge is -2.36. The Morgan fingerprint density at radius 2 is 2.18 bits per heavy atom. The summed E-state index contributed by atoms with van der Waals surface area (Å²) in [6.07, 6.45) is 2.83. The molecule has 1 aliphatic heterocycles. The lowest BCUT2D eigenvalue weighted by Crippen LogP contribution is -2.39. The van der Waals surface area contributed by atoms with Crippen LogP contribution in [0.15, 0.2) is 18.5 Å². The van der Waals surface area contributed by atoms with E-state index in [0.717, 1.165) is 28.3 Å². The molecule has 152 valence electrons. The van der Waals surface area contributed by atoms with Gasteiger partial charge in [-0.05, 0) is 42.0 Å². The number of aromatic nitrogens is 3. The monoisotopic (exact) mass is 405 g/mol. The first-order valence-corrected chi connectivity index (χ1v) is 10.1. The van der Waals surface area contributed by atoms with Crippen molar-refractivity contribution < 1.29 is 14.3 Å². The third-order valence-corrected chi connectivity index (χ3v) is 5.33. The van der Waals surface area contributed by atoms with Gasteiger partial charge in [0.1, 0.15) is 30.1 Å². The zero-order chi connectivity index (χ0) is 20.5. The summed E-state index contributed by atoms with van der Waals surface area (Å²) in [6.45, 7) is 10.0. The number of esters is 1. The summed E-state index contributed by atoms with van der Waals surface area (Å²) in [5.41, 5.74) is 1.88. The third kappa shape index (κ3) is 4.49. The minimum absolute atomic E-state index is 0.0487. The SMILES string of the molecule is CCC(=O)OC(C(CC1Cc2cc(Cl)cc(C)c2O1)c1ncn[nH]1)C(C)(C)C. The van der Waals surface area contributed by atoms with E-state index < -0.39 is 0 Å². The minimum atomic E-state index is -0.357. The maximum Gasteiger partial charge on any atom is 0.305 e. The molecular weight excluding hydrogens is 378 g/mol. The molecule has 1 aromatic heterocycles. The fraction of sp³-hybridized carbons (Fsp3) is 0.571.